The predicted molar refractivity (Wildman–Crippen MR) is 143 cm³/mol. The number of rotatable bonds is 9. The Hall–Kier alpha value is -2.86. The van der Waals surface area contributed by atoms with E-state index in [9.17, 15) is 8.76 Å². The van der Waals surface area contributed by atoms with Crippen LogP contribution in [0.15, 0.2) is 103 Å². The van der Waals surface area contributed by atoms with E-state index in [2.05, 4.69) is 0 Å². The molecule has 182 valence electrons. The van der Waals surface area contributed by atoms with Crippen LogP contribution in [0.2, 0.25) is 0 Å². The Morgan fingerprint density at radius 2 is 1.17 bits per heavy atom. The number of aryl methyl sites for hydroxylation is 3. The van der Waals surface area contributed by atoms with Crippen LogP contribution in [0.3, 0.4) is 0 Å². The van der Waals surface area contributed by atoms with Crippen molar-refractivity contribution in [3.8, 4) is 5.75 Å². The van der Waals surface area contributed by atoms with E-state index < -0.39 is 18.6 Å². The molecule has 7 heteroatoms. The van der Waals surface area contributed by atoms with Gasteiger partial charge in [-0.3, -0.25) is 0 Å². The van der Waals surface area contributed by atoms with Crippen LogP contribution in [0.25, 0.3) is 0 Å². The molecule has 0 radical (unpaired) electrons. The second-order valence-electron chi connectivity index (χ2n) is 8.36. The summed E-state index contributed by atoms with van der Waals surface area (Å²) in [7, 11) is -4.78. The van der Waals surface area contributed by atoms with Crippen LogP contribution in [0, 0.1) is 20.8 Å². The van der Waals surface area contributed by atoms with Gasteiger partial charge in [0.05, 0.1) is 0 Å². The van der Waals surface area contributed by atoms with Gasteiger partial charge in [-0.05, 0) is 0 Å². The number of hydrogen-bond donors (Lipinski definition) is 1. The van der Waals surface area contributed by atoms with Gasteiger partial charge < -0.3 is 0 Å². The molecular formula is C28H29O5PS. The van der Waals surface area contributed by atoms with E-state index in [0.29, 0.717) is 16.4 Å². The first-order valence-corrected chi connectivity index (χ1v) is 14.3. The fourth-order valence-corrected chi connectivity index (χ4v) is 9.87. The van der Waals surface area contributed by atoms with E-state index in [1.54, 1.807) is 0 Å². The van der Waals surface area contributed by atoms with Gasteiger partial charge in [0, 0.05) is 0 Å². The van der Waals surface area contributed by atoms with Gasteiger partial charge >= 0.3 is 210 Å². The zero-order chi connectivity index (χ0) is 24.9. The van der Waals surface area contributed by atoms with E-state index in [1.807, 2.05) is 124 Å². The molecule has 0 aliphatic carbocycles. The van der Waals surface area contributed by atoms with Gasteiger partial charge in [-0.25, -0.2) is 0 Å². The summed E-state index contributed by atoms with van der Waals surface area (Å²) in [6.45, 7) is 5.87. The van der Waals surface area contributed by atoms with Crippen molar-refractivity contribution in [1.82, 2.24) is 0 Å². The van der Waals surface area contributed by atoms with Crippen LogP contribution in [0.4, 0.5) is 0 Å². The summed E-state index contributed by atoms with van der Waals surface area (Å²) < 4.78 is 42.9. The number of benzene rings is 4. The standard InChI is InChI=1S/C28H29O5PS/c1-22-13-7-10-18-26(22)32-34(33-35(29)30,27-19-11-8-14-23(27)2,28-20-12-9-15-24(28)3)31-21-25-16-5-4-6-17-25/h4-20H,21H2,1-3H3,(H,29,30). The van der Waals surface area contributed by atoms with Crippen LogP contribution in [0.1, 0.15) is 22.3 Å². The fourth-order valence-electron chi connectivity index (χ4n) is 4.22. The molecule has 0 heterocycles. The van der Waals surface area contributed by atoms with Crippen molar-refractivity contribution < 1.29 is 21.8 Å². The Bertz CT molecular complexity index is 1300. The minimum atomic E-state index is -4.78. The van der Waals surface area contributed by atoms with Crippen LogP contribution >= 0.6 is 7.28 Å². The first-order valence-electron chi connectivity index (χ1n) is 11.2. The third-order valence-corrected chi connectivity index (χ3v) is 11.3. The molecule has 0 saturated carbocycles. The molecule has 1 atom stereocenters. The summed E-state index contributed by atoms with van der Waals surface area (Å²) in [4.78, 5) is 0. The van der Waals surface area contributed by atoms with Gasteiger partial charge in [-0.1, -0.05) is 0 Å². The fraction of sp³-hybridized carbons (Fsp3) is 0.143. The van der Waals surface area contributed by atoms with Gasteiger partial charge in [0.2, 0.25) is 0 Å². The molecule has 4 rings (SSSR count). The molecule has 0 fully saturated rings. The molecule has 0 aliphatic rings. The molecular weight excluding hydrogens is 479 g/mol. The molecule has 0 spiro atoms. The van der Waals surface area contributed by atoms with Crippen LogP contribution in [-0.4, -0.2) is 8.76 Å². The molecule has 35 heavy (non-hydrogen) atoms. The summed E-state index contributed by atoms with van der Waals surface area (Å²) in [5.74, 6) is 0.509. The summed E-state index contributed by atoms with van der Waals surface area (Å²) >= 11 is -2.72. The average Bonchev–Trinajstić information content (AvgIpc) is 2.85. The zero-order valence-electron chi connectivity index (χ0n) is 20.0. The van der Waals surface area contributed by atoms with Gasteiger partial charge in [0.15, 0.2) is 0 Å². The molecule has 0 bridgehead atoms. The summed E-state index contributed by atoms with van der Waals surface area (Å²) in [6.07, 6.45) is 0. The van der Waals surface area contributed by atoms with E-state index in [0.717, 1.165) is 22.3 Å². The number of para-hydroxylation sites is 1. The minimum absolute atomic E-state index is 0.102. The monoisotopic (exact) mass is 508 g/mol. The van der Waals surface area contributed by atoms with E-state index in [1.165, 1.54) is 0 Å². The first-order chi connectivity index (χ1) is 16.8. The van der Waals surface area contributed by atoms with Crippen molar-refractivity contribution in [3.05, 3.63) is 125 Å². The van der Waals surface area contributed by atoms with Crippen molar-refractivity contribution >= 4 is 29.3 Å². The summed E-state index contributed by atoms with van der Waals surface area (Å²) in [6, 6.07) is 32.2. The normalized spacial score (nSPS) is 13.5. The molecule has 0 saturated heterocycles. The van der Waals surface area contributed by atoms with Crippen LogP contribution in [0.5, 0.6) is 5.75 Å². The molecule has 4 aromatic carbocycles. The van der Waals surface area contributed by atoms with Gasteiger partial charge in [-0.2, -0.15) is 0 Å². The molecule has 0 amide bonds. The van der Waals surface area contributed by atoms with Crippen molar-refractivity contribution in [2.24, 2.45) is 0 Å². The van der Waals surface area contributed by atoms with E-state index in [4.69, 9.17) is 13.0 Å². The SMILES string of the molecule is Cc1ccccc1OP(OCc1ccccc1)(OS(=O)O)(c1ccccc1C)c1ccccc1C. The van der Waals surface area contributed by atoms with Gasteiger partial charge in [0.25, 0.3) is 0 Å². The Morgan fingerprint density at radius 1 is 0.686 bits per heavy atom. The van der Waals surface area contributed by atoms with E-state index in [-0.39, 0.29) is 6.61 Å². The maximum absolute atomic E-state index is 12.6. The Kier molecular flexibility index (Phi) is 7.50. The molecule has 1 unspecified atom stereocenters. The molecule has 0 aliphatic heterocycles. The third-order valence-electron chi connectivity index (χ3n) is 5.93. The first kappa shape index (κ1) is 25.2. The van der Waals surface area contributed by atoms with E-state index >= 15 is 0 Å². The van der Waals surface area contributed by atoms with Crippen molar-refractivity contribution in [2.45, 2.75) is 27.4 Å². The second-order valence-corrected chi connectivity index (χ2v) is 12.6. The summed E-state index contributed by atoms with van der Waals surface area (Å²) in [5.41, 5.74) is 3.37. The molecule has 0 aromatic heterocycles. The molecule has 5 nitrogen and oxygen atoms in total. The topological polar surface area (TPSA) is 65.0 Å². The second kappa shape index (κ2) is 10.4. The maximum atomic E-state index is 12.6. The van der Waals surface area contributed by atoms with Crippen molar-refractivity contribution in [2.75, 3.05) is 0 Å². The van der Waals surface area contributed by atoms with Crippen molar-refractivity contribution in [3.63, 3.8) is 0 Å². The van der Waals surface area contributed by atoms with Gasteiger partial charge in [0.1, 0.15) is 0 Å². The predicted octanol–water partition coefficient (Wildman–Crippen LogP) is 6.31. The van der Waals surface area contributed by atoms with Gasteiger partial charge in [-0.15, -0.1) is 0 Å². The molecule has 4 aromatic rings. The Morgan fingerprint density at radius 3 is 1.69 bits per heavy atom. The molecule has 1 N–H and O–H groups in total. The third kappa shape index (κ3) is 4.94. The zero-order valence-corrected chi connectivity index (χ0v) is 21.7. The Balaban J connectivity index is 2.12. The van der Waals surface area contributed by atoms with Crippen LogP contribution in [-0.2, 0) is 26.5 Å². The quantitative estimate of drug-likeness (QED) is 0.212. The average molecular weight is 509 g/mol. The Labute approximate surface area is 209 Å². The van der Waals surface area contributed by atoms with Crippen molar-refractivity contribution in [1.29, 1.82) is 0 Å². The van der Waals surface area contributed by atoms with Crippen LogP contribution < -0.4 is 15.1 Å². The summed E-state index contributed by atoms with van der Waals surface area (Å²) in [5, 5.41) is 1.18. The number of hydrogen-bond acceptors (Lipinski definition) is 4.